The third-order valence-electron chi connectivity index (χ3n) is 6.75. The Hall–Kier alpha value is -2.99. The van der Waals surface area contributed by atoms with Crippen LogP contribution >= 0.6 is 0 Å². The molecule has 1 aliphatic carbocycles. The molecule has 0 bridgehead atoms. The highest BCUT2D eigenvalue weighted by Crippen LogP contribution is 2.35. The van der Waals surface area contributed by atoms with Crippen LogP contribution in [0.1, 0.15) is 57.1 Å². The normalized spacial score (nSPS) is 19.2. The van der Waals surface area contributed by atoms with Crippen molar-refractivity contribution in [1.82, 2.24) is 9.97 Å². The maximum Gasteiger partial charge on any atom is 0.238 e. The van der Waals surface area contributed by atoms with Gasteiger partial charge in [0.05, 0.1) is 29.6 Å². The predicted octanol–water partition coefficient (Wildman–Crippen LogP) is 7.26. The SMILES string of the molecule is CCc1ccc(Oc2cnc3cc(F)ccc3n2)cc1/C(COC)=C(\O)C[C@H]1CC[C@@H](C)CC1. The maximum absolute atomic E-state index is 13.4. The molecule has 180 valence electrons. The number of aryl methyl sites for hydroxylation is 1. The fraction of sp³-hybridized carbons (Fsp3) is 0.429. The number of aromatic nitrogens is 2. The lowest BCUT2D eigenvalue weighted by Gasteiger charge is -2.26. The van der Waals surface area contributed by atoms with Crippen molar-refractivity contribution in [2.45, 2.75) is 52.4 Å². The van der Waals surface area contributed by atoms with E-state index in [-0.39, 0.29) is 5.82 Å². The summed E-state index contributed by atoms with van der Waals surface area (Å²) in [5, 5.41) is 11.2. The first-order valence-electron chi connectivity index (χ1n) is 12.1. The second-order valence-electron chi connectivity index (χ2n) is 9.30. The van der Waals surface area contributed by atoms with Crippen molar-refractivity contribution in [3.8, 4) is 11.6 Å². The van der Waals surface area contributed by atoms with E-state index in [9.17, 15) is 9.50 Å². The minimum Gasteiger partial charge on any atom is -0.512 e. The quantitative estimate of drug-likeness (QED) is 0.356. The second kappa shape index (κ2) is 11.0. The van der Waals surface area contributed by atoms with Crippen molar-refractivity contribution in [1.29, 1.82) is 0 Å². The van der Waals surface area contributed by atoms with E-state index in [1.807, 2.05) is 18.2 Å². The molecule has 0 unspecified atom stereocenters. The van der Waals surface area contributed by atoms with Gasteiger partial charge in [-0.25, -0.2) is 14.4 Å². The van der Waals surface area contributed by atoms with Gasteiger partial charge in [0, 0.05) is 25.2 Å². The zero-order valence-electron chi connectivity index (χ0n) is 20.2. The molecule has 0 atom stereocenters. The third kappa shape index (κ3) is 5.73. The number of nitrogens with zero attached hydrogens (tertiary/aromatic N) is 2. The highest BCUT2D eigenvalue weighted by molar-refractivity contribution is 5.74. The van der Waals surface area contributed by atoms with Gasteiger partial charge in [-0.2, -0.15) is 0 Å². The van der Waals surface area contributed by atoms with E-state index in [4.69, 9.17) is 9.47 Å². The van der Waals surface area contributed by atoms with Crippen molar-refractivity contribution < 1.29 is 19.0 Å². The minimum atomic E-state index is -0.352. The zero-order valence-corrected chi connectivity index (χ0v) is 20.2. The van der Waals surface area contributed by atoms with Crippen molar-refractivity contribution in [3.63, 3.8) is 0 Å². The lowest BCUT2D eigenvalue weighted by atomic mass is 9.80. The van der Waals surface area contributed by atoms with E-state index in [1.165, 1.54) is 31.2 Å². The molecule has 0 aliphatic heterocycles. The average molecular weight is 465 g/mol. The summed E-state index contributed by atoms with van der Waals surface area (Å²) in [4.78, 5) is 8.71. The number of methoxy groups -OCH3 is 1. The number of hydrogen-bond acceptors (Lipinski definition) is 5. The molecule has 0 radical (unpaired) electrons. The van der Waals surface area contributed by atoms with E-state index >= 15 is 0 Å². The molecule has 4 rings (SSSR count). The molecule has 5 nitrogen and oxygen atoms in total. The predicted molar refractivity (Wildman–Crippen MR) is 133 cm³/mol. The van der Waals surface area contributed by atoms with Crippen molar-refractivity contribution in [2.75, 3.05) is 13.7 Å². The largest absolute Gasteiger partial charge is 0.512 e. The zero-order chi connectivity index (χ0) is 24.1. The molecule has 1 N–H and O–H groups in total. The van der Waals surface area contributed by atoms with Gasteiger partial charge >= 0.3 is 0 Å². The summed E-state index contributed by atoms with van der Waals surface area (Å²) < 4.78 is 24.9. The lowest BCUT2D eigenvalue weighted by molar-refractivity contribution is 0.230. The summed E-state index contributed by atoms with van der Waals surface area (Å²) in [6, 6.07) is 10.1. The summed E-state index contributed by atoms with van der Waals surface area (Å²) in [7, 11) is 1.65. The number of aliphatic hydroxyl groups is 1. The first-order valence-corrected chi connectivity index (χ1v) is 12.1. The van der Waals surface area contributed by atoms with E-state index < -0.39 is 0 Å². The summed E-state index contributed by atoms with van der Waals surface area (Å²) in [5.74, 6) is 2.25. The number of benzene rings is 2. The standard InChI is InChI=1S/C28H33FN2O3/c1-4-20-9-11-22(34-28-16-30-26-14-21(29)10-12-25(26)31-28)15-23(20)24(17-33-3)27(32)13-19-7-5-18(2)6-8-19/h9-12,14-16,18-19,32H,4-8,13,17H2,1-3H3/b27-24-/t18-,19+. The number of hydrogen-bond donors (Lipinski definition) is 1. The van der Waals surface area contributed by atoms with Crippen LogP contribution in [0.25, 0.3) is 16.6 Å². The van der Waals surface area contributed by atoms with Crippen LogP contribution in [-0.2, 0) is 11.2 Å². The number of halogens is 1. The van der Waals surface area contributed by atoms with Crippen LogP contribution in [0.2, 0.25) is 0 Å². The minimum absolute atomic E-state index is 0.326. The van der Waals surface area contributed by atoms with Gasteiger partial charge in [-0.15, -0.1) is 0 Å². The molecular weight excluding hydrogens is 431 g/mol. The van der Waals surface area contributed by atoms with Crippen LogP contribution in [-0.4, -0.2) is 28.8 Å². The van der Waals surface area contributed by atoms with E-state index in [1.54, 1.807) is 13.2 Å². The molecule has 0 saturated heterocycles. The second-order valence-corrected chi connectivity index (χ2v) is 9.30. The lowest BCUT2D eigenvalue weighted by Crippen LogP contribution is -2.14. The highest BCUT2D eigenvalue weighted by atomic mass is 19.1. The van der Waals surface area contributed by atoms with E-state index in [0.29, 0.717) is 47.4 Å². The van der Waals surface area contributed by atoms with Gasteiger partial charge in [0.25, 0.3) is 0 Å². The Morgan fingerprint density at radius 2 is 1.88 bits per heavy atom. The van der Waals surface area contributed by atoms with Crippen LogP contribution < -0.4 is 4.74 Å². The molecular formula is C28H33FN2O3. The fourth-order valence-electron chi connectivity index (χ4n) is 4.74. The summed E-state index contributed by atoms with van der Waals surface area (Å²) in [5.41, 5.74) is 3.89. The molecule has 1 fully saturated rings. The monoisotopic (exact) mass is 464 g/mol. The Kier molecular flexibility index (Phi) is 7.78. The maximum atomic E-state index is 13.4. The number of ether oxygens (including phenoxy) is 2. The van der Waals surface area contributed by atoms with Gasteiger partial charge in [0.1, 0.15) is 11.6 Å². The van der Waals surface area contributed by atoms with Crippen LogP contribution in [0.3, 0.4) is 0 Å². The van der Waals surface area contributed by atoms with Gasteiger partial charge in [-0.3, -0.25) is 0 Å². The Bertz CT molecular complexity index is 1170. The molecule has 1 heterocycles. The number of fused-ring (bicyclic) bond motifs is 1. The molecule has 2 aromatic carbocycles. The number of rotatable bonds is 8. The molecule has 1 saturated carbocycles. The van der Waals surface area contributed by atoms with Gasteiger partial charge in [0.15, 0.2) is 0 Å². The Labute approximate surface area is 200 Å². The Balaban J connectivity index is 1.62. The van der Waals surface area contributed by atoms with Crippen molar-refractivity contribution >= 4 is 16.6 Å². The first-order chi connectivity index (χ1) is 16.5. The smallest absolute Gasteiger partial charge is 0.238 e. The molecule has 3 aromatic rings. The van der Waals surface area contributed by atoms with Crippen LogP contribution in [0.15, 0.2) is 48.4 Å². The fourth-order valence-corrected chi connectivity index (χ4v) is 4.74. The Morgan fingerprint density at radius 1 is 1.09 bits per heavy atom. The number of allylic oxidation sites excluding steroid dienone is 1. The van der Waals surface area contributed by atoms with Gasteiger partial charge in [0.2, 0.25) is 5.88 Å². The average Bonchev–Trinajstić information content (AvgIpc) is 2.84. The molecule has 0 spiro atoms. The summed E-state index contributed by atoms with van der Waals surface area (Å²) in [6.07, 6.45) is 7.73. The molecule has 1 aliphatic rings. The molecule has 0 amide bonds. The third-order valence-corrected chi connectivity index (χ3v) is 6.75. The van der Waals surface area contributed by atoms with Crippen LogP contribution in [0, 0.1) is 17.7 Å². The van der Waals surface area contributed by atoms with E-state index in [0.717, 1.165) is 41.9 Å². The van der Waals surface area contributed by atoms with Crippen molar-refractivity contribution in [2.24, 2.45) is 11.8 Å². The topological polar surface area (TPSA) is 64.5 Å². The Morgan fingerprint density at radius 3 is 2.62 bits per heavy atom. The van der Waals surface area contributed by atoms with Crippen molar-refractivity contribution in [3.05, 3.63) is 65.3 Å². The molecule has 34 heavy (non-hydrogen) atoms. The highest BCUT2D eigenvalue weighted by Gasteiger charge is 2.22. The number of aliphatic hydroxyl groups excluding tert-OH is 1. The van der Waals surface area contributed by atoms with Gasteiger partial charge in [-0.1, -0.05) is 32.8 Å². The summed E-state index contributed by atoms with van der Waals surface area (Å²) in [6.45, 7) is 4.73. The summed E-state index contributed by atoms with van der Waals surface area (Å²) >= 11 is 0. The van der Waals surface area contributed by atoms with Crippen LogP contribution in [0.5, 0.6) is 11.6 Å². The van der Waals surface area contributed by atoms with Crippen LogP contribution in [0.4, 0.5) is 4.39 Å². The van der Waals surface area contributed by atoms with Gasteiger partial charge < -0.3 is 14.6 Å². The first kappa shape index (κ1) is 24.1. The molecule has 6 heteroatoms. The molecule has 1 aromatic heterocycles. The van der Waals surface area contributed by atoms with Gasteiger partial charge in [-0.05, 0) is 66.5 Å². The van der Waals surface area contributed by atoms with E-state index in [2.05, 4.69) is 23.8 Å².